The van der Waals surface area contributed by atoms with Crippen LogP contribution in [0.3, 0.4) is 0 Å². The van der Waals surface area contributed by atoms with E-state index in [2.05, 4.69) is 10.2 Å². The summed E-state index contributed by atoms with van der Waals surface area (Å²) in [6.07, 6.45) is 4.39. The molecule has 0 aliphatic carbocycles. The molecule has 0 unspecified atom stereocenters. The lowest BCUT2D eigenvalue weighted by Crippen LogP contribution is -2.44. The van der Waals surface area contributed by atoms with Gasteiger partial charge in [-0.2, -0.15) is 10.2 Å². The number of piperidine rings is 1. The van der Waals surface area contributed by atoms with Crippen LogP contribution in [-0.4, -0.2) is 51.6 Å². The van der Waals surface area contributed by atoms with Crippen LogP contribution in [0.1, 0.15) is 24.8 Å². The summed E-state index contributed by atoms with van der Waals surface area (Å²) in [4.78, 5) is 40.4. The van der Waals surface area contributed by atoms with Gasteiger partial charge in [-0.25, -0.2) is 0 Å². The highest BCUT2D eigenvalue weighted by Gasteiger charge is 2.37. The van der Waals surface area contributed by atoms with Crippen molar-refractivity contribution in [1.29, 1.82) is 0 Å². The number of hydrogen-bond acceptors (Lipinski definition) is 7. The Kier molecular flexibility index (Phi) is 6.65. The van der Waals surface area contributed by atoms with Gasteiger partial charge in [-0.05, 0) is 67.4 Å². The van der Waals surface area contributed by atoms with Crippen LogP contribution in [-0.2, 0) is 9.59 Å². The molecule has 1 N–H and O–H groups in total. The molecule has 2 aliphatic heterocycles. The number of hydrogen-bond donors (Lipinski definition) is 1. The Morgan fingerprint density at radius 3 is 2.47 bits per heavy atom. The number of azo groups is 1. The van der Waals surface area contributed by atoms with E-state index in [0.717, 1.165) is 35.9 Å². The number of carbonyl (C=O) groups is 3. The fourth-order valence-corrected chi connectivity index (χ4v) is 4.32. The van der Waals surface area contributed by atoms with Crippen LogP contribution in [0.15, 0.2) is 63.7 Å². The van der Waals surface area contributed by atoms with Gasteiger partial charge < -0.3 is 10.0 Å². The number of phenols is 1. The van der Waals surface area contributed by atoms with Crippen LogP contribution in [0.5, 0.6) is 5.75 Å². The summed E-state index contributed by atoms with van der Waals surface area (Å²) in [7, 11) is 0. The smallest absolute Gasteiger partial charge is 0.294 e. The number of aromatic hydroxyl groups is 1. The van der Waals surface area contributed by atoms with Crippen LogP contribution < -0.4 is 0 Å². The average molecular weight is 451 g/mol. The van der Waals surface area contributed by atoms with E-state index >= 15 is 0 Å². The van der Waals surface area contributed by atoms with Crippen LogP contribution in [0, 0.1) is 0 Å². The summed E-state index contributed by atoms with van der Waals surface area (Å²) < 4.78 is 0. The van der Waals surface area contributed by atoms with Crippen LogP contribution in [0.2, 0.25) is 0 Å². The van der Waals surface area contributed by atoms with Crippen molar-refractivity contribution in [3.63, 3.8) is 0 Å². The quantitative estimate of drug-likeness (QED) is 0.518. The normalized spacial score (nSPS) is 18.2. The predicted molar refractivity (Wildman–Crippen MR) is 122 cm³/mol. The molecule has 2 fully saturated rings. The molecule has 2 saturated heterocycles. The fraction of sp³-hybridized carbons (Fsp3) is 0.261. The Hall–Kier alpha value is -3.46. The largest absolute Gasteiger partial charge is 0.507 e. The second kappa shape index (κ2) is 9.78. The maximum absolute atomic E-state index is 12.8. The van der Waals surface area contributed by atoms with Gasteiger partial charge in [0.15, 0.2) is 0 Å². The number of rotatable bonds is 5. The van der Waals surface area contributed by atoms with E-state index in [1.165, 1.54) is 12.1 Å². The third-order valence-electron chi connectivity index (χ3n) is 5.21. The summed E-state index contributed by atoms with van der Waals surface area (Å²) in [5.74, 6) is -0.819. The first-order valence-corrected chi connectivity index (χ1v) is 11.2. The fourth-order valence-electron chi connectivity index (χ4n) is 3.49. The van der Waals surface area contributed by atoms with Gasteiger partial charge in [-0.1, -0.05) is 18.2 Å². The van der Waals surface area contributed by atoms with Crippen LogP contribution >= 0.6 is 11.8 Å². The Labute approximate surface area is 189 Å². The molecule has 0 atom stereocenters. The lowest BCUT2D eigenvalue weighted by Gasteiger charge is -2.27. The molecule has 2 aromatic rings. The van der Waals surface area contributed by atoms with E-state index in [9.17, 15) is 19.5 Å². The summed E-state index contributed by atoms with van der Waals surface area (Å²) >= 11 is 0.753. The van der Waals surface area contributed by atoms with Gasteiger partial charge in [0.1, 0.15) is 12.3 Å². The first kappa shape index (κ1) is 21.8. The molecule has 0 saturated carbocycles. The van der Waals surface area contributed by atoms with E-state index in [1.54, 1.807) is 17.0 Å². The molecule has 0 aromatic heterocycles. The minimum absolute atomic E-state index is 0.0557. The molecular formula is C23H22N4O4S. The minimum Gasteiger partial charge on any atom is -0.507 e. The molecule has 4 rings (SSSR count). The Morgan fingerprint density at radius 1 is 1.00 bits per heavy atom. The highest BCUT2D eigenvalue weighted by atomic mass is 32.2. The van der Waals surface area contributed by atoms with Crippen molar-refractivity contribution in [3.05, 3.63) is 59.0 Å². The third-order valence-corrected chi connectivity index (χ3v) is 6.12. The van der Waals surface area contributed by atoms with Crippen molar-refractivity contribution in [2.24, 2.45) is 10.2 Å². The van der Waals surface area contributed by atoms with E-state index in [0.29, 0.717) is 30.0 Å². The summed E-state index contributed by atoms with van der Waals surface area (Å²) in [5.41, 5.74) is 1.50. The van der Waals surface area contributed by atoms with Gasteiger partial charge in [-0.15, -0.1) is 0 Å². The first-order chi connectivity index (χ1) is 15.5. The van der Waals surface area contributed by atoms with Crippen LogP contribution in [0.25, 0.3) is 6.08 Å². The van der Waals surface area contributed by atoms with Gasteiger partial charge in [0.2, 0.25) is 5.91 Å². The number of amides is 3. The standard InChI is InChI=1S/C23H22N4O4S/c28-19-10-9-18(25-24-17-7-3-1-4-8-17)13-16(19)14-20-22(30)27(23(31)32-20)15-21(29)26-11-5-2-6-12-26/h1,3-4,7-10,13-14,28H,2,5-6,11-12,15H2/b20-14-,25-24?. The monoisotopic (exact) mass is 450 g/mol. The Balaban J connectivity index is 1.49. The number of benzene rings is 2. The van der Waals surface area contributed by atoms with Gasteiger partial charge in [0, 0.05) is 18.7 Å². The molecule has 0 radical (unpaired) electrons. The number of nitrogens with zero attached hydrogens (tertiary/aromatic N) is 4. The van der Waals surface area contributed by atoms with E-state index in [4.69, 9.17) is 0 Å². The molecule has 2 aliphatic rings. The van der Waals surface area contributed by atoms with Crippen LogP contribution in [0.4, 0.5) is 16.2 Å². The number of carbonyl (C=O) groups excluding carboxylic acids is 3. The maximum atomic E-state index is 12.8. The number of phenolic OH excluding ortho intramolecular Hbond substituents is 1. The molecule has 32 heavy (non-hydrogen) atoms. The zero-order valence-electron chi connectivity index (χ0n) is 17.3. The Bertz CT molecular complexity index is 1090. The van der Waals surface area contributed by atoms with Crippen molar-refractivity contribution < 1.29 is 19.5 Å². The van der Waals surface area contributed by atoms with Crippen molar-refractivity contribution in [1.82, 2.24) is 9.80 Å². The van der Waals surface area contributed by atoms with E-state index in [-0.39, 0.29) is 23.1 Å². The van der Waals surface area contributed by atoms with Gasteiger partial charge in [-0.3, -0.25) is 19.3 Å². The summed E-state index contributed by atoms with van der Waals surface area (Å²) in [6.45, 7) is 1.05. The number of likely N-dealkylation sites (tertiary alicyclic amines) is 1. The second-order valence-corrected chi connectivity index (χ2v) is 8.48. The maximum Gasteiger partial charge on any atom is 0.294 e. The van der Waals surface area contributed by atoms with E-state index in [1.807, 2.05) is 30.3 Å². The third kappa shape index (κ3) is 5.05. The second-order valence-electron chi connectivity index (χ2n) is 7.49. The molecule has 8 nitrogen and oxygen atoms in total. The van der Waals surface area contributed by atoms with Crippen molar-refractivity contribution in [3.8, 4) is 5.75 Å². The molecular weight excluding hydrogens is 428 g/mol. The van der Waals surface area contributed by atoms with E-state index < -0.39 is 11.1 Å². The van der Waals surface area contributed by atoms with Gasteiger partial charge in [0.25, 0.3) is 11.1 Å². The predicted octanol–water partition coefficient (Wildman–Crippen LogP) is 4.86. The first-order valence-electron chi connectivity index (χ1n) is 10.3. The zero-order valence-corrected chi connectivity index (χ0v) is 18.1. The minimum atomic E-state index is -0.541. The number of thioether (sulfide) groups is 1. The molecule has 0 spiro atoms. The highest BCUT2D eigenvalue weighted by molar-refractivity contribution is 8.18. The topological polar surface area (TPSA) is 103 Å². The molecule has 3 amide bonds. The Morgan fingerprint density at radius 2 is 1.72 bits per heavy atom. The average Bonchev–Trinajstić information content (AvgIpc) is 3.08. The lowest BCUT2D eigenvalue weighted by atomic mass is 10.1. The van der Waals surface area contributed by atoms with Gasteiger partial charge >= 0.3 is 0 Å². The molecule has 9 heteroatoms. The molecule has 0 bridgehead atoms. The van der Waals surface area contributed by atoms with Crippen molar-refractivity contribution in [2.45, 2.75) is 19.3 Å². The highest BCUT2D eigenvalue weighted by Crippen LogP contribution is 2.35. The number of imide groups is 1. The molecule has 164 valence electrons. The molecule has 2 heterocycles. The van der Waals surface area contributed by atoms with Crippen molar-refractivity contribution >= 4 is 46.3 Å². The van der Waals surface area contributed by atoms with Gasteiger partial charge in [0.05, 0.1) is 16.3 Å². The summed E-state index contributed by atoms with van der Waals surface area (Å²) in [5, 5.41) is 18.0. The molecule has 2 aromatic carbocycles. The summed E-state index contributed by atoms with van der Waals surface area (Å²) in [6, 6.07) is 13.8. The lowest BCUT2D eigenvalue weighted by molar-refractivity contribution is -0.136. The zero-order chi connectivity index (χ0) is 22.5. The SMILES string of the molecule is O=C(CN1C(=O)S/C(=C\c2cc(N=Nc3ccccc3)ccc2O)C1=O)N1CCCCC1. The van der Waals surface area contributed by atoms with Crippen molar-refractivity contribution in [2.75, 3.05) is 19.6 Å².